The van der Waals surface area contributed by atoms with Gasteiger partial charge in [-0.2, -0.15) is 0 Å². The quantitative estimate of drug-likeness (QED) is 0.932. The largest absolute Gasteiger partial charge is 0.497 e. The SMILES string of the molecule is COc1ccc2c(c1)N(C(=O)c1ccc(NC(C)=O)cc1)CC(C)C2. The van der Waals surface area contributed by atoms with E-state index >= 15 is 0 Å². The molecular formula is C20H22N2O3. The Bertz CT molecular complexity index is 799. The molecule has 25 heavy (non-hydrogen) atoms. The first-order valence-electron chi connectivity index (χ1n) is 8.34. The van der Waals surface area contributed by atoms with Gasteiger partial charge in [0.15, 0.2) is 0 Å². The van der Waals surface area contributed by atoms with E-state index in [-0.39, 0.29) is 11.8 Å². The van der Waals surface area contributed by atoms with Gasteiger partial charge in [0.1, 0.15) is 5.75 Å². The van der Waals surface area contributed by atoms with Crippen LogP contribution in [-0.4, -0.2) is 25.5 Å². The molecule has 1 aliphatic rings. The summed E-state index contributed by atoms with van der Waals surface area (Å²) in [6, 6.07) is 12.9. The highest BCUT2D eigenvalue weighted by Gasteiger charge is 2.27. The minimum Gasteiger partial charge on any atom is -0.497 e. The van der Waals surface area contributed by atoms with E-state index < -0.39 is 0 Å². The van der Waals surface area contributed by atoms with E-state index in [1.165, 1.54) is 6.92 Å². The molecule has 0 aliphatic carbocycles. The molecule has 0 radical (unpaired) electrons. The maximum Gasteiger partial charge on any atom is 0.258 e. The Balaban J connectivity index is 1.90. The zero-order valence-corrected chi connectivity index (χ0v) is 14.7. The molecule has 1 aliphatic heterocycles. The number of hydrogen-bond acceptors (Lipinski definition) is 3. The van der Waals surface area contributed by atoms with Crippen molar-refractivity contribution in [1.29, 1.82) is 0 Å². The summed E-state index contributed by atoms with van der Waals surface area (Å²) in [5.41, 5.74) is 3.34. The molecule has 0 aromatic heterocycles. The summed E-state index contributed by atoms with van der Waals surface area (Å²) in [4.78, 5) is 26.0. The molecular weight excluding hydrogens is 316 g/mol. The van der Waals surface area contributed by atoms with E-state index in [2.05, 4.69) is 12.2 Å². The first kappa shape index (κ1) is 17.0. The van der Waals surface area contributed by atoms with Gasteiger partial charge in [0, 0.05) is 30.8 Å². The number of methoxy groups -OCH3 is 1. The van der Waals surface area contributed by atoms with Gasteiger partial charge in [-0.05, 0) is 48.2 Å². The standard InChI is InChI=1S/C20H22N2O3/c1-13-10-16-6-9-18(25-3)11-19(16)22(12-13)20(24)15-4-7-17(8-5-15)21-14(2)23/h4-9,11,13H,10,12H2,1-3H3,(H,21,23). The summed E-state index contributed by atoms with van der Waals surface area (Å²) >= 11 is 0. The van der Waals surface area contributed by atoms with E-state index in [1.54, 1.807) is 31.4 Å². The lowest BCUT2D eigenvalue weighted by Crippen LogP contribution is -2.39. The maximum absolute atomic E-state index is 13.0. The van der Waals surface area contributed by atoms with Crippen molar-refractivity contribution in [1.82, 2.24) is 0 Å². The second kappa shape index (κ2) is 6.97. The molecule has 1 heterocycles. The van der Waals surface area contributed by atoms with Gasteiger partial charge in [-0.3, -0.25) is 9.59 Å². The van der Waals surface area contributed by atoms with Crippen molar-refractivity contribution in [3.05, 3.63) is 53.6 Å². The second-order valence-electron chi connectivity index (χ2n) is 6.48. The average molecular weight is 338 g/mol. The van der Waals surface area contributed by atoms with Gasteiger partial charge >= 0.3 is 0 Å². The van der Waals surface area contributed by atoms with Crippen LogP contribution in [0.2, 0.25) is 0 Å². The fourth-order valence-electron chi connectivity index (χ4n) is 3.19. The molecule has 3 rings (SSSR count). The number of hydrogen-bond donors (Lipinski definition) is 1. The Hall–Kier alpha value is -2.82. The lowest BCUT2D eigenvalue weighted by molar-refractivity contribution is -0.114. The predicted molar refractivity (Wildman–Crippen MR) is 98.3 cm³/mol. The minimum absolute atomic E-state index is 0.0459. The summed E-state index contributed by atoms with van der Waals surface area (Å²) in [5.74, 6) is 0.955. The van der Waals surface area contributed by atoms with Gasteiger partial charge in [0.05, 0.1) is 12.8 Å². The Morgan fingerprint density at radius 2 is 1.88 bits per heavy atom. The lowest BCUT2D eigenvalue weighted by Gasteiger charge is -2.33. The zero-order valence-electron chi connectivity index (χ0n) is 14.7. The molecule has 0 spiro atoms. The molecule has 2 amide bonds. The van der Waals surface area contributed by atoms with Crippen LogP contribution in [0.1, 0.15) is 29.8 Å². The van der Waals surface area contributed by atoms with E-state index in [9.17, 15) is 9.59 Å². The highest BCUT2D eigenvalue weighted by atomic mass is 16.5. The maximum atomic E-state index is 13.0. The number of fused-ring (bicyclic) bond motifs is 1. The number of rotatable bonds is 3. The molecule has 1 N–H and O–H groups in total. The molecule has 0 saturated carbocycles. The van der Waals surface area contributed by atoms with Crippen LogP contribution in [0.15, 0.2) is 42.5 Å². The Morgan fingerprint density at radius 1 is 1.16 bits per heavy atom. The molecule has 2 aromatic carbocycles. The smallest absolute Gasteiger partial charge is 0.258 e. The van der Waals surface area contributed by atoms with Gasteiger partial charge in [0.25, 0.3) is 5.91 Å². The van der Waals surface area contributed by atoms with Gasteiger partial charge in [-0.25, -0.2) is 0 Å². The molecule has 130 valence electrons. The topological polar surface area (TPSA) is 58.6 Å². The van der Waals surface area contributed by atoms with Crippen molar-refractivity contribution in [2.45, 2.75) is 20.3 Å². The Labute approximate surface area is 147 Å². The Morgan fingerprint density at radius 3 is 2.52 bits per heavy atom. The van der Waals surface area contributed by atoms with Gasteiger partial charge in [-0.15, -0.1) is 0 Å². The zero-order chi connectivity index (χ0) is 18.0. The number of amides is 2. The number of anilines is 2. The molecule has 0 fully saturated rings. The number of carbonyl (C=O) groups is 2. The molecule has 2 aromatic rings. The number of ether oxygens (including phenoxy) is 1. The minimum atomic E-state index is -0.134. The molecule has 0 saturated heterocycles. The van der Waals surface area contributed by atoms with E-state index in [1.807, 2.05) is 23.1 Å². The third-order valence-corrected chi connectivity index (χ3v) is 4.34. The number of nitrogens with one attached hydrogen (secondary N) is 1. The normalized spacial score (nSPS) is 16.1. The van der Waals surface area contributed by atoms with Crippen LogP contribution < -0.4 is 15.0 Å². The summed E-state index contributed by atoms with van der Waals surface area (Å²) in [7, 11) is 1.63. The summed E-state index contributed by atoms with van der Waals surface area (Å²) < 4.78 is 5.32. The monoisotopic (exact) mass is 338 g/mol. The van der Waals surface area contributed by atoms with E-state index in [0.717, 1.165) is 23.4 Å². The predicted octanol–water partition coefficient (Wildman–Crippen LogP) is 3.49. The fourth-order valence-corrected chi connectivity index (χ4v) is 3.19. The molecule has 0 bridgehead atoms. The van der Waals surface area contributed by atoms with Crippen LogP contribution >= 0.6 is 0 Å². The first-order chi connectivity index (χ1) is 12.0. The van der Waals surface area contributed by atoms with Crippen LogP contribution in [0.3, 0.4) is 0 Å². The third kappa shape index (κ3) is 3.65. The van der Waals surface area contributed by atoms with Gasteiger partial charge in [-0.1, -0.05) is 13.0 Å². The van der Waals surface area contributed by atoms with Crippen molar-refractivity contribution >= 4 is 23.2 Å². The van der Waals surface area contributed by atoms with Crippen LogP contribution in [0.4, 0.5) is 11.4 Å². The number of benzene rings is 2. The molecule has 1 atom stereocenters. The van der Waals surface area contributed by atoms with Gasteiger partial charge < -0.3 is 15.0 Å². The first-order valence-corrected chi connectivity index (χ1v) is 8.34. The lowest BCUT2D eigenvalue weighted by atomic mass is 9.93. The fraction of sp³-hybridized carbons (Fsp3) is 0.300. The highest BCUT2D eigenvalue weighted by molar-refractivity contribution is 6.07. The summed E-state index contributed by atoms with van der Waals surface area (Å²) in [6.45, 7) is 4.28. The molecule has 5 heteroatoms. The summed E-state index contributed by atoms with van der Waals surface area (Å²) in [5, 5.41) is 2.71. The van der Waals surface area contributed by atoms with Crippen molar-refractivity contribution < 1.29 is 14.3 Å². The third-order valence-electron chi connectivity index (χ3n) is 4.34. The van der Waals surface area contributed by atoms with Crippen molar-refractivity contribution in [3.8, 4) is 5.75 Å². The van der Waals surface area contributed by atoms with E-state index in [4.69, 9.17) is 4.74 Å². The number of nitrogens with zero attached hydrogens (tertiary/aromatic N) is 1. The highest BCUT2D eigenvalue weighted by Crippen LogP contribution is 2.34. The van der Waals surface area contributed by atoms with Crippen LogP contribution in [0.5, 0.6) is 5.75 Å². The summed E-state index contributed by atoms with van der Waals surface area (Å²) in [6.07, 6.45) is 0.949. The van der Waals surface area contributed by atoms with Crippen LogP contribution in [0, 0.1) is 5.92 Å². The molecule has 5 nitrogen and oxygen atoms in total. The van der Waals surface area contributed by atoms with Crippen molar-refractivity contribution in [3.63, 3.8) is 0 Å². The van der Waals surface area contributed by atoms with Crippen molar-refractivity contribution in [2.24, 2.45) is 5.92 Å². The van der Waals surface area contributed by atoms with E-state index in [0.29, 0.717) is 23.7 Å². The average Bonchev–Trinajstić information content (AvgIpc) is 2.60. The van der Waals surface area contributed by atoms with Crippen LogP contribution in [0.25, 0.3) is 0 Å². The molecule has 1 unspecified atom stereocenters. The number of carbonyl (C=O) groups excluding carboxylic acids is 2. The second-order valence-corrected chi connectivity index (χ2v) is 6.48. The van der Waals surface area contributed by atoms with Gasteiger partial charge in [0.2, 0.25) is 5.91 Å². The van der Waals surface area contributed by atoms with Crippen LogP contribution in [-0.2, 0) is 11.2 Å². The Kier molecular flexibility index (Phi) is 4.74. The van der Waals surface area contributed by atoms with Crippen molar-refractivity contribution in [2.75, 3.05) is 23.9 Å².